The number of aliphatic hydroxyl groups is 1. The normalized spacial score (nSPS) is 15.3. The number of ketones is 1. The van der Waals surface area contributed by atoms with Gasteiger partial charge in [0.1, 0.15) is 11.6 Å². The molecule has 1 aliphatic carbocycles. The van der Waals surface area contributed by atoms with Crippen molar-refractivity contribution >= 4 is 11.7 Å². The lowest BCUT2D eigenvalue weighted by atomic mass is 9.67. The number of amides is 1. The van der Waals surface area contributed by atoms with Crippen LogP contribution in [-0.2, 0) is 16.6 Å². The van der Waals surface area contributed by atoms with Crippen molar-refractivity contribution in [2.24, 2.45) is 0 Å². The van der Waals surface area contributed by atoms with Gasteiger partial charge >= 0.3 is 0 Å². The van der Waals surface area contributed by atoms with Crippen LogP contribution in [0.3, 0.4) is 0 Å². The van der Waals surface area contributed by atoms with Gasteiger partial charge in [0.25, 0.3) is 11.8 Å². The number of carbonyl (C=O) groups is 2. The van der Waals surface area contributed by atoms with E-state index in [4.69, 9.17) is 4.74 Å². The number of hydrogen-bond acceptors (Lipinski definition) is 7. The zero-order valence-corrected chi connectivity index (χ0v) is 21.0. The number of hydrogen-bond donors (Lipinski definition) is 2. The molecule has 1 heterocycles. The summed E-state index contributed by atoms with van der Waals surface area (Å²) in [6.07, 6.45) is 4.29. The maximum Gasteiger partial charge on any atom is 0.276 e. The third-order valence-electron chi connectivity index (χ3n) is 6.71. The molecule has 1 aliphatic rings. The highest BCUT2D eigenvalue weighted by Gasteiger charge is 2.38. The first-order valence-electron chi connectivity index (χ1n) is 12.5. The van der Waals surface area contributed by atoms with Crippen LogP contribution in [0.15, 0.2) is 30.3 Å². The van der Waals surface area contributed by atoms with E-state index < -0.39 is 5.91 Å². The van der Waals surface area contributed by atoms with Gasteiger partial charge in [-0.3, -0.25) is 9.59 Å². The van der Waals surface area contributed by atoms with E-state index in [9.17, 15) is 19.8 Å². The minimum absolute atomic E-state index is 0.000788. The first-order valence-corrected chi connectivity index (χ1v) is 12.5. The van der Waals surface area contributed by atoms with Crippen molar-refractivity contribution in [3.63, 3.8) is 0 Å². The zero-order valence-electron chi connectivity index (χ0n) is 21.0. The van der Waals surface area contributed by atoms with Crippen molar-refractivity contribution in [3.05, 3.63) is 47.4 Å². The van der Waals surface area contributed by atoms with E-state index in [-0.39, 0.29) is 47.7 Å². The second kappa shape index (κ2) is 12.1. The summed E-state index contributed by atoms with van der Waals surface area (Å²) in [6, 6.07) is 9.81. The number of ether oxygens (including phenoxy) is 1. The summed E-state index contributed by atoms with van der Waals surface area (Å²) in [4.78, 5) is 36.0. The Balaban J connectivity index is 2.04. The Bertz CT molecular complexity index is 999. The molecule has 3 rings (SSSR count). The highest BCUT2D eigenvalue weighted by atomic mass is 16.5. The van der Waals surface area contributed by atoms with Gasteiger partial charge in [-0.05, 0) is 38.7 Å². The van der Waals surface area contributed by atoms with Crippen LogP contribution < -0.4 is 4.74 Å². The largest absolute Gasteiger partial charge is 0.491 e. The van der Waals surface area contributed by atoms with E-state index in [0.29, 0.717) is 44.5 Å². The van der Waals surface area contributed by atoms with E-state index in [1.54, 1.807) is 0 Å². The Hall–Kier alpha value is -3.00. The second-order valence-electron chi connectivity index (χ2n) is 9.52. The second-order valence-corrected chi connectivity index (χ2v) is 9.52. The minimum atomic E-state index is -0.424. The van der Waals surface area contributed by atoms with Gasteiger partial charge in [-0.1, -0.05) is 43.7 Å². The van der Waals surface area contributed by atoms with E-state index in [1.165, 1.54) is 4.90 Å². The van der Waals surface area contributed by atoms with Crippen LogP contribution in [0.5, 0.6) is 11.6 Å². The van der Waals surface area contributed by atoms with Gasteiger partial charge in [0.15, 0.2) is 5.69 Å². The number of aromatic nitrogens is 2. The van der Waals surface area contributed by atoms with Crippen LogP contribution in [-0.4, -0.2) is 62.6 Å². The fraction of sp³-hybridized carbons (Fsp3) is 0.556. The van der Waals surface area contributed by atoms with Crippen LogP contribution in [0, 0.1) is 0 Å². The predicted octanol–water partition coefficient (Wildman–Crippen LogP) is 3.83. The third-order valence-corrected chi connectivity index (χ3v) is 6.71. The zero-order chi connectivity index (χ0) is 25.4. The number of aliphatic hydroxyl groups excluding tert-OH is 1. The van der Waals surface area contributed by atoms with Crippen molar-refractivity contribution in [1.29, 1.82) is 0 Å². The molecule has 0 spiro atoms. The molecule has 1 amide bonds. The number of benzene rings is 1. The van der Waals surface area contributed by atoms with E-state index in [1.807, 2.05) is 51.1 Å². The number of nitrogens with zero attached hydrogens (tertiary/aromatic N) is 3. The summed E-state index contributed by atoms with van der Waals surface area (Å²) in [5.41, 5.74) is 0.728. The van der Waals surface area contributed by atoms with Gasteiger partial charge in [-0.15, -0.1) is 0 Å². The first-order chi connectivity index (χ1) is 16.8. The molecule has 1 aromatic carbocycles. The number of unbranched alkanes of at least 4 members (excludes halogenated alkanes) is 1. The topological polar surface area (TPSA) is 113 Å². The molecule has 1 fully saturated rings. The summed E-state index contributed by atoms with van der Waals surface area (Å²) in [5.74, 6) is -0.236. The first kappa shape index (κ1) is 26.6. The van der Waals surface area contributed by atoms with Crippen LogP contribution in [0.25, 0.3) is 0 Å². The molecule has 0 aliphatic heterocycles. The fourth-order valence-corrected chi connectivity index (χ4v) is 4.67. The SMILES string of the molecule is CCCCOc1c(O)nc(CC2(c3ccccc3)CCC(=O)CC2)nc1C(=O)N(CCO)C(C)C. The van der Waals surface area contributed by atoms with Crippen LogP contribution in [0.1, 0.15) is 81.2 Å². The lowest BCUT2D eigenvalue weighted by Gasteiger charge is -2.37. The smallest absolute Gasteiger partial charge is 0.276 e. The molecule has 1 aromatic heterocycles. The molecule has 0 atom stereocenters. The maximum absolute atomic E-state index is 13.5. The number of carbonyl (C=O) groups excluding carboxylic acids is 2. The van der Waals surface area contributed by atoms with Crippen molar-refractivity contribution < 1.29 is 24.5 Å². The molecule has 0 radical (unpaired) electrons. The molecule has 0 unspecified atom stereocenters. The molecule has 0 bridgehead atoms. The lowest BCUT2D eigenvalue weighted by molar-refractivity contribution is -0.121. The fourth-order valence-electron chi connectivity index (χ4n) is 4.67. The maximum atomic E-state index is 13.5. The Kier molecular flexibility index (Phi) is 9.20. The molecule has 8 heteroatoms. The van der Waals surface area contributed by atoms with Crippen molar-refractivity contribution in [1.82, 2.24) is 14.9 Å². The van der Waals surface area contributed by atoms with E-state index in [0.717, 1.165) is 18.4 Å². The van der Waals surface area contributed by atoms with Gasteiger partial charge in [0.2, 0.25) is 5.75 Å². The molecular weight excluding hydrogens is 446 g/mol. The molecule has 2 aromatic rings. The van der Waals surface area contributed by atoms with E-state index >= 15 is 0 Å². The van der Waals surface area contributed by atoms with Crippen LogP contribution >= 0.6 is 0 Å². The summed E-state index contributed by atoms with van der Waals surface area (Å²) in [6.45, 7) is 6.01. The molecule has 2 N–H and O–H groups in total. The summed E-state index contributed by atoms with van der Waals surface area (Å²) in [5, 5.41) is 20.3. The molecule has 35 heavy (non-hydrogen) atoms. The molecule has 8 nitrogen and oxygen atoms in total. The highest BCUT2D eigenvalue weighted by Crippen LogP contribution is 2.41. The monoisotopic (exact) mass is 483 g/mol. The minimum Gasteiger partial charge on any atom is -0.491 e. The molecule has 0 saturated heterocycles. The number of aromatic hydroxyl groups is 1. The summed E-state index contributed by atoms with van der Waals surface area (Å²) < 4.78 is 5.78. The van der Waals surface area contributed by atoms with Gasteiger partial charge in [0.05, 0.1) is 13.2 Å². The predicted molar refractivity (Wildman–Crippen MR) is 133 cm³/mol. The van der Waals surface area contributed by atoms with Gasteiger partial charge in [0, 0.05) is 37.3 Å². The average Bonchev–Trinajstić information content (AvgIpc) is 2.85. The lowest BCUT2D eigenvalue weighted by Crippen LogP contribution is -2.40. The average molecular weight is 484 g/mol. The number of Topliss-reactive ketones (excluding diaryl/α,β-unsaturated/α-hetero) is 1. The standard InChI is InChI=1S/C27H37N3O5/c1-4-5-17-35-24-23(26(34)30(15-16-31)19(2)3)28-22(29-25(24)33)18-27(13-11-21(32)12-14-27)20-9-7-6-8-10-20/h6-10,19,31H,4-5,11-18H2,1-3H3,(H,28,29,33). The van der Waals surface area contributed by atoms with Crippen LogP contribution in [0.4, 0.5) is 0 Å². The van der Waals surface area contributed by atoms with Crippen LogP contribution in [0.2, 0.25) is 0 Å². The van der Waals surface area contributed by atoms with E-state index in [2.05, 4.69) is 9.97 Å². The van der Waals surface area contributed by atoms with Crippen molar-refractivity contribution in [2.75, 3.05) is 19.8 Å². The van der Waals surface area contributed by atoms with Gasteiger partial charge in [-0.2, -0.15) is 4.98 Å². The molecular formula is C27H37N3O5. The van der Waals surface area contributed by atoms with Crippen molar-refractivity contribution in [2.45, 2.75) is 77.2 Å². The Morgan fingerprint density at radius 1 is 1.17 bits per heavy atom. The summed E-state index contributed by atoms with van der Waals surface area (Å²) >= 11 is 0. The Labute approximate surface area is 207 Å². The molecule has 190 valence electrons. The quantitative estimate of drug-likeness (QED) is 0.467. The molecule has 1 saturated carbocycles. The van der Waals surface area contributed by atoms with Crippen molar-refractivity contribution in [3.8, 4) is 11.6 Å². The third kappa shape index (κ3) is 6.36. The van der Waals surface area contributed by atoms with Gasteiger partial charge in [-0.25, -0.2) is 4.98 Å². The summed E-state index contributed by atoms with van der Waals surface area (Å²) in [7, 11) is 0. The number of rotatable bonds is 11. The Morgan fingerprint density at radius 3 is 2.46 bits per heavy atom. The Morgan fingerprint density at radius 2 is 1.86 bits per heavy atom. The highest BCUT2D eigenvalue weighted by molar-refractivity contribution is 5.95. The van der Waals surface area contributed by atoms with Gasteiger partial charge < -0.3 is 19.8 Å².